The number of morpholine rings is 1. The Bertz CT molecular complexity index is 343. The second-order valence-electron chi connectivity index (χ2n) is 5.80. The van der Waals surface area contributed by atoms with Gasteiger partial charge in [-0.05, 0) is 19.8 Å². The van der Waals surface area contributed by atoms with Crippen LogP contribution in [0.2, 0.25) is 0 Å². The highest BCUT2D eigenvalue weighted by Gasteiger charge is 2.40. The third-order valence-corrected chi connectivity index (χ3v) is 5.99. The van der Waals surface area contributed by atoms with E-state index >= 15 is 0 Å². The number of amides is 1. The summed E-state index contributed by atoms with van der Waals surface area (Å²) in [6, 6.07) is 0.329. The standard InChI is InChI=1S/C14H24N2O2S.ClH/c1-10-13(15-6-8-18-10)14(17)16-7-9-19-12-5-3-2-4-11(12)16;/h10-13,15H,2-9H2,1H3;1H/t10-,11?,12?,13+;/m1./s1. The molecular formula is C14H25ClN2O2S. The van der Waals surface area contributed by atoms with Crippen molar-refractivity contribution >= 4 is 30.1 Å². The zero-order valence-electron chi connectivity index (χ0n) is 12.0. The van der Waals surface area contributed by atoms with E-state index in [1.54, 1.807) is 0 Å². The highest BCUT2D eigenvalue weighted by Crippen LogP contribution is 2.36. The molecule has 4 atom stereocenters. The van der Waals surface area contributed by atoms with Crippen LogP contribution in [-0.2, 0) is 9.53 Å². The molecule has 3 fully saturated rings. The number of nitrogens with one attached hydrogen (secondary N) is 1. The molecule has 0 aromatic rings. The lowest BCUT2D eigenvalue weighted by Gasteiger charge is -2.45. The van der Waals surface area contributed by atoms with Crippen LogP contribution in [0.1, 0.15) is 32.6 Å². The van der Waals surface area contributed by atoms with Crippen LogP contribution in [0.25, 0.3) is 0 Å². The lowest BCUT2D eigenvalue weighted by molar-refractivity contribution is -0.142. The molecule has 1 N–H and O–H groups in total. The summed E-state index contributed by atoms with van der Waals surface area (Å²) < 4.78 is 5.62. The maximum absolute atomic E-state index is 12.8. The van der Waals surface area contributed by atoms with Gasteiger partial charge in [0, 0.05) is 30.1 Å². The average Bonchev–Trinajstić information content (AvgIpc) is 2.46. The van der Waals surface area contributed by atoms with E-state index in [9.17, 15) is 4.79 Å². The lowest BCUT2D eigenvalue weighted by atomic mass is 9.92. The van der Waals surface area contributed by atoms with Gasteiger partial charge in [-0.2, -0.15) is 11.8 Å². The number of rotatable bonds is 1. The van der Waals surface area contributed by atoms with Crippen LogP contribution in [0.4, 0.5) is 0 Å². The highest BCUT2D eigenvalue weighted by molar-refractivity contribution is 8.00. The van der Waals surface area contributed by atoms with E-state index in [4.69, 9.17) is 4.74 Å². The average molecular weight is 321 g/mol. The second kappa shape index (κ2) is 7.34. The summed E-state index contributed by atoms with van der Waals surface area (Å²) in [6.07, 6.45) is 5.07. The Morgan fingerprint density at radius 3 is 2.95 bits per heavy atom. The fourth-order valence-electron chi connectivity index (χ4n) is 3.56. The van der Waals surface area contributed by atoms with Crippen LogP contribution in [0.3, 0.4) is 0 Å². The molecule has 2 saturated heterocycles. The molecule has 4 nitrogen and oxygen atoms in total. The van der Waals surface area contributed by atoms with Crippen molar-refractivity contribution in [2.45, 2.75) is 56.0 Å². The molecule has 116 valence electrons. The largest absolute Gasteiger partial charge is 0.375 e. The molecule has 0 aromatic carbocycles. The Labute approximate surface area is 131 Å². The van der Waals surface area contributed by atoms with Crippen molar-refractivity contribution in [3.05, 3.63) is 0 Å². The molecular weight excluding hydrogens is 296 g/mol. The van der Waals surface area contributed by atoms with Gasteiger partial charge in [0.2, 0.25) is 5.91 Å². The molecule has 1 amide bonds. The summed E-state index contributed by atoms with van der Waals surface area (Å²) in [5.74, 6) is 1.36. The molecule has 2 heterocycles. The van der Waals surface area contributed by atoms with Gasteiger partial charge in [-0.25, -0.2) is 0 Å². The number of nitrogens with zero attached hydrogens (tertiary/aromatic N) is 1. The zero-order valence-corrected chi connectivity index (χ0v) is 13.7. The Morgan fingerprint density at radius 2 is 2.15 bits per heavy atom. The summed E-state index contributed by atoms with van der Waals surface area (Å²) in [5, 5.41) is 4.01. The van der Waals surface area contributed by atoms with Crippen LogP contribution in [0.5, 0.6) is 0 Å². The van der Waals surface area contributed by atoms with Crippen LogP contribution in [0, 0.1) is 0 Å². The SMILES string of the molecule is C[C@H]1OCCN[C@@H]1C(=O)N1CCSC2CCCCC21.Cl. The van der Waals surface area contributed by atoms with Crippen molar-refractivity contribution in [1.82, 2.24) is 10.2 Å². The minimum absolute atomic E-state index is 0. The van der Waals surface area contributed by atoms with E-state index in [1.165, 1.54) is 25.7 Å². The molecule has 2 aliphatic heterocycles. The van der Waals surface area contributed by atoms with E-state index in [1.807, 2.05) is 6.92 Å². The topological polar surface area (TPSA) is 41.6 Å². The third kappa shape index (κ3) is 3.26. The van der Waals surface area contributed by atoms with Crippen molar-refractivity contribution in [2.24, 2.45) is 0 Å². The number of carbonyl (C=O) groups is 1. The van der Waals surface area contributed by atoms with Gasteiger partial charge in [-0.3, -0.25) is 4.79 Å². The summed E-state index contributed by atoms with van der Waals surface area (Å²) in [5.41, 5.74) is 0. The molecule has 2 unspecified atom stereocenters. The predicted molar refractivity (Wildman–Crippen MR) is 84.7 cm³/mol. The molecule has 0 bridgehead atoms. The van der Waals surface area contributed by atoms with Crippen molar-refractivity contribution < 1.29 is 9.53 Å². The maximum atomic E-state index is 12.8. The molecule has 0 aromatic heterocycles. The summed E-state index contributed by atoms with van der Waals surface area (Å²) in [7, 11) is 0. The predicted octanol–water partition coefficient (Wildman–Crippen LogP) is 1.67. The number of ether oxygens (including phenoxy) is 1. The van der Waals surface area contributed by atoms with Crippen molar-refractivity contribution in [1.29, 1.82) is 0 Å². The normalized spacial score (nSPS) is 37.8. The Balaban J connectivity index is 0.00000147. The Morgan fingerprint density at radius 1 is 1.35 bits per heavy atom. The van der Waals surface area contributed by atoms with Crippen LogP contribution in [0.15, 0.2) is 0 Å². The van der Waals surface area contributed by atoms with E-state index in [0.717, 1.165) is 18.8 Å². The molecule has 0 spiro atoms. The molecule has 6 heteroatoms. The fraction of sp³-hybridized carbons (Fsp3) is 0.929. The number of carbonyl (C=O) groups excluding carboxylic acids is 1. The maximum Gasteiger partial charge on any atom is 0.242 e. The minimum atomic E-state index is -0.139. The van der Waals surface area contributed by atoms with E-state index in [-0.39, 0.29) is 30.5 Å². The quantitative estimate of drug-likeness (QED) is 0.798. The number of hydrogen-bond donors (Lipinski definition) is 1. The minimum Gasteiger partial charge on any atom is -0.375 e. The van der Waals surface area contributed by atoms with Crippen molar-refractivity contribution in [2.75, 3.05) is 25.4 Å². The van der Waals surface area contributed by atoms with Gasteiger partial charge in [0.05, 0.1) is 12.7 Å². The molecule has 20 heavy (non-hydrogen) atoms. The molecule has 1 saturated carbocycles. The van der Waals surface area contributed by atoms with Crippen molar-refractivity contribution in [3.63, 3.8) is 0 Å². The monoisotopic (exact) mass is 320 g/mol. The van der Waals surface area contributed by atoms with Gasteiger partial charge in [-0.1, -0.05) is 12.8 Å². The second-order valence-corrected chi connectivity index (χ2v) is 7.15. The molecule has 3 rings (SSSR count). The summed E-state index contributed by atoms with van der Waals surface area (Å²) >= 11 is 2.07. The van der Waals surface area contributed by atoms with Crippen LogP contribution in [-0.4, -0.2) is 59.7 Å². The Hall–Kier alpha value is 0.0300. The van der Waals surface area contributed by atoms with Gasteiger partial charge in [0.25, 0.3) is 0 Å². The van der Waals surface area contributed by atoms with Gasteiger partial charge >= 0.3 is 0 Å². The van der Waals surface area contributed by atoms with Gasteiger partial charge in [0.1, 0.15) is 6.04 Å². The number of fused-ring (bicyclic) bond motifs is 1. The van der Waals surface area contributed by atoms with Gasteiger partial charge < -0.3 is 15.0 Å². The van der Waals surface area contributed by atoms with Crippen LogP contribution >= 0.6 is 24.2 Å². The summed E-state index contributed by atoms with van der Waals surface area (Å²) in [4.78, 5) is 14.9. The van der Waals surface area contributed by atoms with E-state index in [2.05, 4.69) is 22.0 Å². The fourth-order valence-corrected chi connectivity index (χ4v) is 5.00. The van der Waals surface area contributed by atoms with E-state index in [0.29, 0.717) is 17.9 Å². The first kappa shape index (κ1) is 16.4. The van der Waals surface area contributed by atoms with E-state index < -0.39 is 0 Å². The molecule has 1 aliphatic carbocycles. The molecule has 3 aliphatic rings. The number of halogens is 1. The zero-order chi connectivity index (χ0) is 13.2. The lowest BCUT2D eigenvalue weighted by Crippen LogP contribution is -2.61. The first-order valence-corrected chi connectivity index (χ1v) is 8.59. The first-order chi connectivity index (χ1) is 9.27. The van der Waals surface area contributed by atoms with Gasteiger partial charge in [-0.15, -0.1) is 12.4 Å². The number of hydrogen-bond acceptors (Lipinski definition) is 4. The highest BCUT2D eigenvalue weighted by atomic mass is 35.5. The van der Waals surface area contributed by atoms with Crippen molar-refractivity contribution in [3.8, 4) is 0 Å². The molecule has 0 radical (unpaired) electrons. The third-order valence-electron chi connectivity index (χ3n) is 4.60. The van der Waals surface area contributed by atoms with Gasteiger partial charge in [0.15, 0.2) is 0 Å². The number of thioether (sulfide) groups is 1. The van der Waals surface area contributed by atoms with Crippen LogP contribution < -0.4 is 5.32 Å². The smallest absolute Gasteiger partial charge is 0.242 e. The Kier molecular flexibility index (Phi) is 6.02. The first-order valence-electron chi connectivity index (χ1n) is 7.54. The summed E-state index contributed by atoms with van der Waals surface area (Å²) in [6.45, 7) is 4.42.